The second kappa shape index (κ2) is 5.54. The van der Waals surface area contributed by atoms with Crippen LogP contribution in [0.1, 0.15) is 18.9 Å². The molecular weight excluding hydrogens is 280 g/mol. The smallest absolute Gasteiger partial charge is 0.308 e. The van der Waals surface area contributed by atoms with Crippen LogP contribution in [-0.4, -0.2) is 31.5 Å². The molecule has 1 saturated heterocycles. The highest BCUT2D eigenvalue weighted by Gasteiger charge is 2.38. The molecule has 0 bridgehead atoms. The first-order valence-electron chi connectivity index (χ1n) is 6.47. The predicted molar refractivity (Wildman–Crippen MR) is 72.6 cm³/mol. The molecule has 1 aliphatic heterocycles. The van der Waals surface area contributed by atoms with Crippen molar-refractivity contribution in [2.75, 3.05) is 5.75 Å². The topological polar surface area (TPSA) is 80.7 Å². The highest BCUT2D eigenvalue weighted by molar-refractivity contribution is 7.91. The first-order chi connectivity index (χ1) is 9.31. The molecule has 0 aromatic heterocycles. The maximum atomic E-state index is 12.4. The van der Waals surface area contributed by atoms with Gasteiger partial charge in [-0.05, 0) is 24.5 Å². The van der Waals surface area contributed by atoms with Crippen LogP contribution < -0.4 is 0 Å². The number of hydrogen-bond acceptors (Lipinski definition) is 5. The van der Waals surface area contributed by atoms with E-state index in [1.165, 1.54) is 0 Å². The van der Waals surface area contributed by atoms with Crippen molar-refractivity contribution < 1.29 is 23.1 Å². The van der Waals surface area contributed by atoms with E-state index in [2.05, 4.69) is 4.74 Å². The molecule has 0 saturated carbocycles. The van der Waals surface area contributed by atoms with E-state index in [9.17, 15) is 18.3 Å². The number of aliphatic hydroxyl groups excluding tert-OH is 1. The van der Waals surface area contributed by atoms with E-state index in [1.54, 1.807) is 38.1 Å². The van der Waals surface area contributed by atoms with Crippen LogP contribution >= 0.6 is 0 Å². The van der Waals surface area contributed by atoms with E-state index >= 15 is 0 Å². The summed E-state index contributed by atoms with van der Waals surface area (Å²) in [5.74, 6) is -1.43. The molecule has 0 amide bonds. The van der Waals surface area contributed by atoms with Gasteiger partial charge in [0, 0.05) is 5.92 Å². The number of carbonyl (C=O) groups excluding carboxylic acids is 1. The molecule has 0 aliphatic carbocycles. The van der Waals surface area contributed by atoms with E-state index in [1.807, 2.05) is 0 Å². The lowest BCUT2D eigenvalue weighted by atomic mass is 9.94. The molecule has 5 nitrogen and oxygen atoms in total. The number of esters is 1. The minimum absolute atomic E-state index is 0.0611. The second-order valence-corrected chi connectivity index (χ2v) is 7.28. The van der Waals surface area contributed by atoms with E-state index in [-0.39, 0.29) is 18.1 Å². The summed E-state index contributed by atoms with van der Waals surface area (Å²) in [5, 5.41) is 9.61. The number of rotatable bonds is 4. The SMILES string of the molecule is Cc1ccccc1S(=O)(=O)CC(C)C1CC(=O)OC1O. The van der Waals surface area contributed by atoms with Gasteiger partial charge in [-0.25, -0.2) is 8.42 Å². The Bertz CT molecular complexity index is 608. The number of carbonyl (C=O) groups is 1. The van der Waals surface area contributed by atoms with Crippen molar-refractivity contribution in [1.82, 2.24) is 0 Å². The van der Waals surface area contributed by atoms with Crippen LogP contribution in [0.2, 0.25) is 0 Å². The normalized spacial score (nSPS) is 24.4. The molecule has 1 aromatic rings. The Morgan fingerprint density at radius 2 is 2.05 bits per heavy atom. The summed E-state index contributed by atoms with van der Waals surface area (Å²) in [6.07, 6.45) is -1.14. The van der Waals surface area contributed by atoms with Crippen molar-refractivity contribution in [3.05, 3.63) is 29.8 Å². The zero-order valence-electron chi connectivity index (χ0n) is 11.4. The third-order valence-corrected chi connectivity index (χ3v) is 5.76. The Kier molecular flexibility index (Phi) is 4.15. The number of benzene rings is 1. The van der Waals surface area contributed by atoms with Crippen LogP contribution in [0.3, 0.4) is 0 Å². The summed E-state index contributed by atoms with van der Waals surface area (Å²) in [7, 11) is -3.45. The first kappa shape index (κ1) is 15.0. The van der Waals surface area contributed by atoms with Crippen LogP contribution in [0.15, 0.2) is 29.2 Å². The minimum Gasteiger partial charge on any atom is -0.436 e. The van der Waals surface area contributed by atoms with Gasteiger partial charge in [0.05, 0.1) is 17.1 Å². The monoisotopic (exact) mass is 298 g/mol. The zero-order chi connectivity index (χ0) is 14.9. The van der Waals surface area contributed by atoms with Gasteiger partial charge < -0.3 is 9.84 Å². The average Bonchev–Trinajstić information content (AvgIpc) is 2.68. The summed E-state index contributed by atoms with van der Waals surface area (Å²) in [4.78, 5) is 11.4. The van der Waals surface area contributed by atoms with Gasteiger partial charge in [0.25, 0.3) is 0 Å². The van der Waals surface area contributed by atoms with Gasteiger partial charge in [0.2, 0.25) is 6.29 Å². The standard InChI is InChI=1S/C14H18O5S/c1-9-5-3-4-6-12(9)20(17,18)8-10(2)11-7-13(15)19-14(11)16/h3-6,10-11,14,16H,7-8H2,1-2H3. The molecule has 3 atom stereocenters. The second-order valence-electron chi connectivity index (χ2n) is 5.27. The van der Waals surface area contributed by atoms with Crippen LogP contribution in [0, 0.1) is 18.8 Å². The zero-order valence-corrected chi connectivity index (χ0v) is 12.3. The van der Waals surface area contributed by atoms with E-state index < -0.39 is 28.0 Å². The van der Waals surface area contributed by atoms with Gasteiger partial charge in [-0.1, -0.05) is 25.1 Å². The minimum atomic E-state index is -3.45. The summed E-state index contributed by atoms with van der Waals surface area (Å²) < 4.78 is 29.5. The van der Waals surface area contributed by atoms with Crippen molar-refractivity contribution in [2.45, 2.75) is 31.5 Å². The molecule has 6 heteroatoms. The first-order valence-corrected chi connectivity index (χ1v) is 8.12. The number of sulfone groups is 1. The predicted octanol–water partition coefficient (Wildman–Crippen LogP) is 1.29. The molecule has 0 spiro atoms. The van der Waals surface area contributed by atoms with Crippen molar-refractivity contribution in [3.8, 4) is 0 Å². The maximum Gasteiger partial charge on any atom is 0.308 e. The maximum absolute atomic E-state index is 12.4. The van der Waals surface area contributed by atoms with E-state index in [0.29, 0.717) is 10.5 Å². The molecule has 1 heterocycles. The van der Waals surface area contributed by atoms with Gasteiger partial charge in [0.1, 0.15) is 0 Å². The fraction of sp³-hybridized carbons (Fsp3) is 0.500. The lowest BCUT2D eigenvalue weighted by Gasteiger charge is -2.20. The molecule has 1 N–H and O–H groups in total. The Balaban J connectivity index is 2.17. The van der Waals surface area contributed by atoms with Crippen molar-refractivity contribution >= 4 is 15.8 Å². The Morgan fingerprint density at radius 3 is 2.60 bits per heavy atom. The van der Waals surface area contributed by atoms with E-state index in [0.717, 1.165) is 0 Å². The molecular formula is C14H18O5S. The molecule has 20 heavy (non-hydrogen) atoms. The van der Waals surface area contributed by atoms with Crippen LogP contribution in [-0.2, 0) is 19.4 Å². The molecule has 1 aliphatic rings. The number of cyclic esters (lactones) is 1. The van der Waals surface area contributed by atoms with Crippen molar-refractivity contribution in [2.24, 2.45) is 11.8 Å². The third kappa shape index (κ3) is 3.02. The molecule has 0 radical (unpaired) electrons. The highest BCUT2D eigenvalue weighted by Crippen LogP contribution is 2.30. The summed E-state index contributed by atoms with van der Waals surface area (Å²) >= 11 is 0. The van der Waals surface area contributed by atoms with Gasteiger partial charge in [0.15, 0.2) is 9.84 Å². The largest absolute Gasteiger partial charge is 0.436 e. The summed E-state index contributed by atoms with van der Waals surface area (Å²) in [5.41, 5.74) is 0.694. The van der Waals surface area contributed by atoms with Crippen LogP contribution in [0.4, 0.5) is 0 Å². The van der Waals surface area contributed by atoms with E-state index in [4.69, 9.17) is 0 Å². The van der Waals surface area contributed by atoms with Crippen LogP contribution in [0.5, 0.6) is 0 Å². The number of aliphatic hydroxyl groups is 1. The number of ether oxygens (including phenoxy) is 1. The fourth-order valence-corrected chi connectivity index (χ4v) is 4.47. The Hall–Kier alpha value is -1.40. The van der Waals surface area contributed by atoms with Crippen molar-refractivity contribution in [3.63, 3.8) is 0 Å². The molecule has 1 aromatic carbocycles. The highest BCUT2D eigenvalue weighted by atomic mass is 32.2. The lowest BCUT2D eigenvalue weighted by molar-refractivity contribution is -0.156. The van der Waals surface area contributed by atoms with Crippen molar-refractivity contribution in [1.29, 1.82) is 0 Å². The van der Waals surface area contributed by atoms with Gasteiger partial charge in [-0.15, -0.1) is 0 Å². The molecule has 110 valence electrons. The van der Waals surface area contributed by atoms with Gasteiger partial charge in [-0.3, -0.25) is 4.79 Å². The Morgan fingerprint density at radius 1 is 1.40 bits per heavy atom. The fourth-order valence-electron chi connectivity index (χ4n) is 2.51. The van der Waals surface area contributed by atoms with Crippen LogP contribution in [0.25, 0.3) is 0 Å². The molecule has 1 fully saturated rings. The molecule has 3 unspecified atom stereocenters. The average molecular weight is 298 g/mol. The lowest BCUT2D eigenvalue weighted by Crippen LogP contribution is -2.27. The number of hydrogen-bond donors (Lipinski definition) is 1. The third-order valence-electron chi connectivity index (χ3n) is 3.66. The van der Waals surface area contributed by atoms with Gasteiger partial charge in [-0.2, -0.15) is 0 Å². The summed E-state index contributed by atoms with van der Waals surface area (Å²) in [6, 6.07) is 6.78. The summed E-state index contributed by atoms with van der Waals surface area (Å²) in [6.45, 7) is 3.46. The molecule has 2 rings (SSSR count). The number of aryl methyl sites for hydroxylation is 1. The van der Waals surface area contributed by atoms with Gasteiger partial charge >= 0.3 is 5.97 Å². The Labute approximate surface area is 118 Å². The quantitative estimate of drug-likeness (QED) is 0.847.